The summed E-state index contributed by atoms with van der Waals surface area (Å²) < 4.78 is 0. The Balaban J connectivity index is 0. The third-order valence-corrected chi connectivity index (χ3v) is 2.04. The highest BCUT2D eigenvalue weighted by molar-refractivity contribution is 5.70. The molecule has 1 amide bonds. The SMILES string of the molecule is CC.CC(N)=O.CCN1CCN(C)CC1. The zero-order valence-electron chi connectivity index (χ0n) is 10.9. The lowest BCUT2D eigenvalue weighted by Gasteiger charge is -2.31. The Morgan fingerprint density at radius 3 is 1.80 bits per heavy atom. The molecule has 1 heterocycles. The Kier molecular flexibility index (Phi) is 12.8. The summed E-state index contributed by atoms with van der Waals surface area (Å²) in [4.78, 5) is 14.1. The third kappa shape index (κ3) is 13.4. The van der Waals surface area contributed by atoms with Gasteiger partial charge in [-0.05, 0) is 13.6 Å². The van der Waals surface area contributed by atoms with Crippen molar-refractivity contribution in [3.05, 3.63) is 0 Å². The zero-order chi connectivity index (χ0) is 12.3. The van der Waals surface area contributed by atoms with Gasteiger partial charge in [-0.1, -0.05) is 20.8 Å². The number of amides is 1. The van der Waals surface area contributed by atoms with Crippen LogP contribution in [0, 0.1) is 0 Å². The molecule has 0 unspecified atom stereocenters. The van der Waals surface area contributed by atoms with Gasteiger partial charge in [0, 0.05) is 33.1 Å². The second kappa shape index (κ2) is 11.5. The van der Waals surface area contributed by atoms with Gasteiger partial charge in [-0.2, -0.15) is 0 Å². The summed E-state index contributed by atoms with van der Waals surface area (Å²) in [6.45, 7) is 13.8. The number of hydrogen-bond acceptors (Lipinski definition) is 3. The van der Waals surface area contributed by atoms with E-state index in [1.54, 1.807) is 0 Å². The molecule has 4 nitrogen and oxygen atoms in total. The Morgan fingerprint density at radius 2 is 1.53 bits per heavy atom. The Labute approximate surface area is 94.4 Å². The van der Waals surface area contributed by atoms with Crippen LogP contribution in [-0.2, 0) is 4.79 Å². The highest BCUT2D eigenvalue weighted by Gasteiger charge is 2.10. The molecule has 2 N–H and O–H groups in total. The highest BCUT2D eigenvalue weighted by atomic mass is 16.1. The van der Waals surface area contributed by atoms with Crippen LogP contribution in [0.4, 0.5) is 0 Å². The first-order chi connectivity index (χ1) is 7.06. The van der Waals surface area contributed by atoms with Gasteiger partial charge < -0.3 is 15.5 Å². The normalized spacial score (nSPS) is 16.9. The van der Waals surface area contributed by atoms with E-state index in [0.717, 1.165) is 0 Å². The molecule has 0 aromatic rings. The first-order valence-corrected chi connectivity index (χ1v) is 5.73. The number of nitrogens with zero attached hydrogens (tertiary/aromatic N) is 2. The van der Waals surface area contributed by atoms with Crippen molar-refractivity contribution in [2.45, 2.75) is 27.7 Å². The van der Waals surface area contributed by atoms with Crippen molar-refractivity contribution in [2.75, 3.05) is 39.8 Å². The van der Waals surface area contributed by atoms with Gasteiger partial charge >= 0.3 is 0 Å². The first-order valence-electron chi connectivity index (χ1n) is 5.73. The molecule has 1 aliphatic heterocycles. The molecular formula is C11H27N3O. The lowest BCUT2D eigenvalue weighted by Crippen LogP contribution is -2.44. The molecule has 1 fully saturated rings. The second-order valence-electron chi connectivity index (χ2n) is 3.35. The van der Waals surface area contributed by atoms with Crippen molar-refractivity contribution < 1.29 is 4.79 Å². The van der Waals surface area contributed by atoms with Gasteiger partial charge in [-0.25, -0.2) is 0 Å². The summed E-state index contributed by atoms with van der Waals surface area (Å²) in [5, 5.41) is 0. The fourth-order valence-electron chi connectivity index (χ4n) is 1.16. The average molecular weight is 217 g/mol. The van der Waals surface area contributed by atoms with Crippen molar-refractivity contribution in [3.8, 4) is 0 Å². The van der Waals surface area contributed by atoms with E-state index in [4.69, 9.17) is 0 Å². The molecule has 0 spiro atoms. The number of nitrogens with two attached hydrogens (primary N) is 1. The predicted octanol–water partition coefficient (Wildman–Crippen LogP) is 0.772. The van der Waals surface area contributed by atoms with E-state index < -0.39 is 0 Å². The topological polar surface area (TPSA) is 49.6 Å². The minimum atomic E-state index is -0.333. The summed E-state index contributed by atoms with van der Waals surface area (Å²) in [6.07, 6.45) is 0. The van der Waals surface area contributed by atoms with Crippen LogP contribution in [0.25, 0.3) is 0 Å². The number of piperazine rings is 1. The quantitative estimate of drug-likeness (QED) is 0.706. The molecule has 4 heteroatoms. The molecule has 92 valence electrons. The van der Waals surface area contributed by atoms with Crippen LogP contribution in [0.3, 0.4) is 0 Å². The van der Waals surface area contributed by atoms with E-state index in [1.165, 1.54) is 39.6 Å². The lowest BCUT2D eigenvalue weighted by atomic mass is 10.3. The van der Waals surface area contributed by atoms with Crippen molar-refractivity contribution in [3.63, 3.8) is 0 Å². The van der Waals surface area contributed by atoms with Gasteiger partial charge in [0.15, 0.2) is 0 Å². The molecule has 0 aromatic heterocycles. The molecule has 0 radical (unpaired) electrons. The molecule has 1 saturated heterocycles. The molecule has 0 saturated carbocycles. The average Bonchev–Trinajstić information content (AvgIpc) is 2.21. The molecule has 1 aliphatic rings. The predicted molar refractivity (Wildman–Crippen MR) is 65.8 cm³/mol. The Bertz CT molecular complexity index is 139. The van der Waals surface area contributed by atoms with E-state index in [1.807, 2.05) is 13.8 Å². The maximum Gasteiger partial charge on any atom is 0.214 e. The lowest BCUT2D eigenvalue weighted by molar-refractivity contribution is -0.115. The minimum Gasteiger partial charge on any atom is -0.370 e. The summed E-state index contributed by atoms with van der Waals surface area (Å²) in [5.41, 5.74) is 4.47. The molecular weight excluding hydrogens is 190 g/mol. The van der Waals surface area contributed by atoms with Crippen LogP contribution in [0.15, 0.2) is 0 Å². The second-order valence-corrected chi connectivity index (χ2v) is 3.35. The maximum atomic E-state index is 9.22. The monoisotopic (exact) mass is 217 g/mol. The fourth-order valence-corrected chi connectivity index (χ4v) is 1.16. The van der Waals surface area contributed by atoms with E-state index in [2.05, 4.69) is 29.5 Å². The Hall–Kier alpha value is -0.610. The van der Waals surface area contributed by atoms with Crippen molar-refractivity contribution in [1.82, 2.24) is 9.80 Å². The largest absolute Gasteiger partial charge is 0.370 e. The highest BCUT2D eigenvalue weighted by Crippen LogP contribution is 1.96. The van der Waals surface area contributed by atoms with Crippen LogP contribution in [0.1, 0.15) is 27.7 Å². The number of primary amides is 1. The zero-order valence-corrected chi connectivity index (χ0v) is 10.9. The molecule has 15 heavy (non-hydrogen) atoms. The Morgan fingerprint density at radius 1 is 1.20 bits per heavy atom. The van der Waals surface area contributed by atoms with Gasteiger partial charge in [0.1, 0.15) is 0 Å². The van der Waals surface area contributed by atoms with Crippen LogP contribution >= 0.6 is 0 Å². The van der Waals surface area contributed by atoms with Crippen LogP contribution < -0.4 is 5.73 Å². The van der Waals surface area contributed by atoms with Crippen molar-refractivity contribution in [1.29, 1.82) is 0 Å². The van der Waals surface area contributed by atoms with E-state index in [0.29, 0.717) is 0 Å². The third-order valence-electron chi connectivity index (χ3n) is 2.04. The van der Waals surface area contributed by atoms with Crippen molar-refractivity contribution in [2.24, 2.45) is 5.73 Å². The number of rotatable bonds is 1. The minimum absolute atomic E-state index is 0.333. The molecule has 0 aromatic carbocycles. The summed E-state index contributed by atoms with van der Waals surface area (Å²) in [6, 6.07) is 0. The van der Waals surface area contributed by atoms with Gasteiger partial charge in [-0.15, -0.1) is 0 Å². The molecule has 1 rings (SSSR count). The van der Waals surface area contributed by atoms with E-state index in [-0.39, 0.29) is 5.91 Å². The van der Waals surface area contributed by atoms with E-state index in [9.17, 15) is 4.79 Å². The van der Waals surface area contributed by atoms with Crippen LogP contribution in [0.2, 0.25) is 0 Å². The first kappa shape index (κ1) is 16.8. The maximum absolute atomic E-state index is 9.22. The summed E-state index contributed by atoms with van der Waals surface area (Å²) >= 11 is 0. The van der Waals surface area contributed by atoms with Crippen molar-refractivity contribution >= 4 is 5.91 Å². The van der Waals surface area contributed by atoms with Gasteiger partial charge in [0.2, 0.25) is 5.91 Å². The molecule has 0 bridgehead atoms. The fraction of sp³-hybridized carbons (Fsp3) is 0.909. The van der Waals surface area contributed by atoms with Gasteiger partial charge in [-0.3, -0.25) is 4.79 Å². The van der Waals surface area contributed by atoms with Gasteiger partial charge in [0.05, 0.1) is 0 Å². The summed E-state index contributed by atoms with van der Waals surface area (Å²) in [5.74, 6) is -0.333. The van der Waals surface area contributed by atoms with Crippen LogP contribution in [-0.4, -0.2) is 55.5 Å². The smallest absolute Gasteiger partial charge is 0.214 e. The number of carbonyl (C=O) groups is 1. The van der Waals surface area contributed by atoms with Gasteiger partial charge in [0.25, 0.3) is 0 Å². The molecule has 0 aliphatic carbocycles. The van der Waals surface area contributed by atoms with Crippen LogP contribution in [0.5, 0.6) is 0 Å². The number of carbonyl (C=O) groups excluding carboxylic acids is 1. The number of hydrogen-bond donors (Lipinski definition) is 1. The number of likely N-dealkylation sites (N-methyl/N-ethyl adjacent to an activating group) is 2. The molecule has 0 atom stereocenters. The van der Waals surface area contributed by atoms with E-state index >= 15 is 0 Å². The summed E-state index contributed by atoms with van der Waals surface area (Å²) in [7, 11) is 2.19. The standard InChI is InChI=1S/C7H16N2.C2H5NO.C2H6/c1-3-9-6-4-8(2)5-7-9;1-2(3)4;1-2/h3-7H2,1-2H3;1H3,(H2,3,4);1-2H3.